The van der Waals surface area contributed by atoms with Crippen LogP contribution < -0.4 is 10.2 Å². The maximum Gasteiger partial charge on any atom is 0.306 e. The molecule has 1 fully saturated rings. The van der Waals surface area contributed by atoms with Crippen molar-refractivity contribution in [2.45, 2.75) is 71.8 Å². The zero-order chi connectivity index (χ0) is 24.0. The summed E-state index contributed by atoms with van der Waals surface area (Å²) in [6.07, 6.45) is 4.15. The van der Waals surface area contributed by atoms with Gasteiger partial charge in [-0.1, -0.05) is 34.6 Å². The lowest BCUT2D eigenvalue weighted by Gasteiger charge is -2.37. The van der Waals surface area contributed by atoms with E-state index >= 15 is 0 Å². The monoisotopic (exact) mass is 475 g/mol. The molecule has 182 valence electrons. The molecule has 0 spiro atoms. The fraction of sp³-hybridized carbons (Fsp3) is 0.667. The topological polar surface area (TPSA) is 89.5 Å². The maximum atomic E-state index is 11.8. The number of nitrogens with one attached hydrogen (secondary N) is 1. The summed E-state index contributed by atoms with van der Waals surface area (Å²) in [5, 5.41) is 4.24. The Morgan fingerprint density at radius 2 is 2.00 bits per heavy atom. The molecule has 1 aliphatic rings. The Balaban J connectivity index is 1.99. The van der Waals surface area contributed by atoms with Crippen molar-refractivity contribution >= 4 is 34.1 Å². The molecule has 1 aliphatic heterocycles. The van der Waals surface area contributed by atoms with Crippen LogP contribution in [0.2, 0.25) is 0 Å². The number of aromatic nitrogens is 3. The molecule has 33 heavy (non-hydrogen) atoms. The molecule has 1 atom stereocenters. The number of methoxy groups -OCH3 is 1. The minimum absolute atomic E-state index is 0.0122. The first-order valence-corrected chi connectivity index (χ1v) is 12.6. The molecule has 9 heteroatoms. The van der Waals surface area contributed by atoms with Crippen LogP contribution in [0.3, 0.4) is 0 Å². The summed E-state index contributed by atoms with van der Waals surface area (Å²) < 4.78 is 15.0. The van der Waals surface area contributed by atoms with Gasteiger partial charge in [-0.3, -0.25) is 4.79 Å². The number of hydrogen-bond donors (Lipinski definition) is 1. The van der Waals surface area contributed by atoms with E-state index in [1.807, 2.05) is 13.1 Å². The Bertz CT molecular complexity index is 911. The molecule has 1 saturated heterocycles. The predicted octanol–water partition coefficient (Wildman–Crippen LogP) is 5.11. The van der Waals surface area contributed by atoms with Gasteiger partial charge < -0.3 is 19.7 Å². The third-order valence-electron chi connectivity index (χ3n) is 5.82. The Morgan fingerprint density at radius 3 is 2.61 bits per heavy atom. The van der Waals surface area contributed by atoms with Crippen LogP contribution in [0.4, 0.5) is 16.6 Å². The summed E-state index contributed by atoms with van der Waals surface area (Å²) in [6, 6.07) is 2.46. The number of carbonyl (C=O) groups excluding carboxylic acids is 1. The lowest BCUT2D eigenvalue weighted by molar-refractivity contribution is -0.140. The van der Waals surface area contributed by atoms with Gasteiger partial charge in [0.05, 0.1) is 19.2 Å². The van der Waals surface area contributed by atoms with Gasteiger partial charge in [-0.25, -0.2) is 9.97 Å². The van der Waals surface area contributed by atoms with Crippen LogP contribution in [0.1, 0.15) is 77.1 Å². The van der Waals surface area contributed by atoms with Crippen LogP contribution in [0, 0.1) is 5.92 Å². The van der Waals surface area contributed by atoms with E-state index in [1.165, 1.54) is 18.6 Å². The largest absolute Gasteiger partial charge is 0.469 e. The van der Waals surface area contributed by atoms with Gasteiger partial charge in [0.15, 0.2) is 5.82 Å². The van der Waals surface area contributed by atoms with Gasteiger partial charge in [-0.2, -0.15) is 4.37 Å². The summed E-state index contributed by atoms with van der Waals surface area (Å²) in [5.74, 6) is 2.24. The summed E-state index contributed by atoms with van der Waals surface area (Å²) in [7, 11) is 1.42. The molecule has 3 heterocycles. The van der Waals surface area contributed by atoms with E-state index in [1.54, 1.807) is 0 Å². The molecule has 0 aliphatic carbocycles. The zero-order valence-corrected chi connectivity index (χ0v) is 21.4. The van der Waals surface area contributed by atoms with Crippen molar-refractivity contribution in [3.8, 4) is 0 Å². The molecule has 0 aromatic carbocycles. The van der Waals surface area contributed by atoms with E-state index in [0.717, 1.165) is 60.6 Å². The number of rotatable bonds is 10. The second kappa shape index (κ2) is 11.7. The molecule has 2 aromatic rings. The maximum absolute atomic E-state index is 11.8. The van der Waals surface area contributed by atoms with E-state index in [9.17, 15) is 4.79 Å². The van der Waals surface area contributed by atoms with Crippen LogP contribution >= 0.6 is 11.5 Å². The van der Waals surface area contributed by atoms with E-state index < -0.39 is 0 Å². The van der Waals surface area contributed by atoms with Gasteiger partial charge >= 0.3 is 5.97 Å². The Labute approximate surface area is 201 Å². The first kappa shape index (κ1) is 25.4. The number of ether oxygens (including phenoxy) is 2. The van der Waals surface area contributed by atoms with Gasteiger partial charge in [0.1, 0.15) is 5.82 Å². The van der Waals surface area contributed by atoms with Crippen LogP contribution in [0.15, 0.2) is 12.3 Å². The SMILES string of the molecule is COC(=O)CC(C)c1cnc(N(CC(C)C)C2CCOCC2)c(Nc2nc(C(C)C)ns2)c1. The average molecular weight is 476 g/mol. The van der Waals surface area contributed by atoms with Gasteiger partial charge in [0.2, 0.25) is 5.13 Å². The van der Waals surface area contributed by atoms with Crippen LogP contribution in [-0.4, -0.2) is 53.2 Å². The molecule has 1 unspecified atom stereocenters. The second-order valence-corrected chi connectivity index (χ2v) is 10.2. The third-order valence-corrected chi connectivity index (χ3v) is 6.47. The lowest BCUT2D eigenvalue weighted by Crippen LogP contribution is -2.42. The van der Waals surface area contributed by atoms with Gasteiger partial charge in [-0.05, 0) is 36.3 Å². The zero-order valence-electron chi connectivity index (χ0n) is 20.6. The van der Waals surface area contributed by atoms with Crippen molar-refractivity contribution in [1.29, 1.82) is 0 Å². The Kier molecular flexibility index (Phi) is 9.02. The molecular formula is C24H37N5O3S. The van der Waals surface area contributed by atoms with Crippen molar-refractivity contribution in [1.82, 2.24) is 14.3 Å². The number of esters is 1. The van der Waals surface area contributed by atoms with Gasteiger partial charge in [-0.15, -0.1) is 0 Å². The normalized spacial score (nSPS) is 15.6. The molecule has 0 radical (unpaired) electrons. The van der Waals surface area contributed by atoms with E-state index in [4.69, 9.17) is 14.5 Å². The number of carbonyl (C=O) groups is 1. The van der Waals surface area contributed by atoms with Crippen LogP contribution in [-0.2, 0) is 14.3 Å². The van der Waals surface area contributed by atoms with Crippen molar-refractivity contribution in [2.75, 3.05) is 37.1 Å². The highest BCUT2D eigenvalue weighted by Crippen LogP contribution is 2.35. The summed E-state index contributed by atoms with van der Waals surface area (Å²) in [6.45, 7) is 13.1. The van der Waals surface area contributed by atoms with Crippen molar-refractivity contribution in [3.05, 3.63) is 23.7 Å². The van der Waals surface area contributed by atoms with Gasteiger partial charge in [0.25, 0.3) is 0 Å². The molecule has 0 bridgehead atoms. The number of pyridine rings is 1. The Hall–Kier alpha value is -2.26. The molecule has 3 rings (SSSR count). The number of hydrogen-bond acceptors (Lipinski definition) is 9. The lowest BCUT2D eigenvalue weighted by atomic mass is 9.98. The molecular weight excluding hydrogens is 438 g/mol. The molecule has 1 N–H and O–H groups in total. The van der Waals surface area contributed by atoms with Crippen molar-refractivity contribution < 1.29 is 14.3 Å². The summed E-state index contributed by atoms with van der Waals surface area (Å²) >= 11 is 1.36. The minimum atomic E-state index is -0.226. The smallest absolute Gasteiger partial charge is 0.306 e. The van der Waals surface area contributed by atoms with Crippen LogP contribution in [0.5, 0.6) is 0 Å². The summed E-state index contributed by atoms with van der Waals surface area (Å²) in [4.78, 5) is 23.9. The van der Waals surface area contributed by atoms with E-state index in [2.05, 4.69) is 53.3 Å². The van der Waals surface area contributed by atoms with Gasteiger partial charge in [0, 0.05) is 49.4 Å². The number of nitrogens with zero attached hydrogens (tertiary/aromatic N) is 4. The second-order valence-electron chi connectivity index (χ2n) is 9.45. The van der Waals surface area contributed by atoms with E-state index in [-0.39, 0.29) is 17.8 Å². The highest BCUT2D eigenvalue weighted by molar-refractivity contribution is 7.09. The highest BCUT2D eigenvalue weighted by Gasteiger charge is 2.27. The number of anilines is 3. The first-order valence-electron chi connectivity index (χ1n) is 11.8. The summed E-state index contributed by atoms with van der Waals surface area (Å²) in [5.41, 5.74) is 1.87. The van der Waals surface area contributed by atoms with E-state index in [0.29, 0.717) is 18.4 Å². The van der Waals surface area contributed by atoms with Crippen LogP contribution in [0.25, 0.3) is 0 Å². The molecule has 2 aromatic heterocycles. The van der Waals surface area contributed by atoms with Crippen molar-refractivity contribution in [2.24, 2.45) is 5.92 Å². The average Bonchev–Trinajstić information content (AvgIpc) is 3.27. The highest BCUT2D eigenvalue weighted by atomic mass is 32.1. The quantitative estimate of drug-likeness (QED) is 0.474. The Morgan fingerprint density at radius 1 is 1.27 bits per heavy atom. The molecule has 8 nitrogen and oxygen atoms in total. The molecule has 0 amide bonds. The first-order chi connectivity index (χ1) is 15.8. The standard InChI is InChI=1S/C24H37N5O3S/c1-15(2)14-29(19-7-9-32-10-8-19)23-20(26-24-27-22(16(3)4)28-33-24)12-18(13-25-23)17(5)11-21(30)31-6/h12-13,15-17,19H,7-11,14H2,1-6H3,(H,26,27,28). The van der Waals surface area contributed by atoms with Crippen molar-refractivity contribution in [3.63, 3.8) is 0 Å². The fourth-order valence-electron chi connectivity index (χ4n) is 3.95. The minimum Gasteiger partial charge on any atom is -0.469 e. The predicted molar refractivity (Wildman–Crippen MR) is 133 cm³/mol. The third kappa shape index (κ3) is 6.86. The molecule has 0 saturated carbocycles. The fourth-order valence-corrected chi connectivity index (χ4v) is 4.67.